The van der Waals surface area contributed by atoms with Gasteiger partial charge in [-0.05, 0) is 26.7 Å². The van der Waals surface area contributed by atoms with Crippen LogP contribution in [0.5, 0.6) is 0 Å². The van der Waals surface area contributed by atoms with Crippen LogP contribution in [0.2, 0.25) is 0 Å². The minimum atomic E-state index is -3.31. The summed E-state index contributed by atoms with van der Waals surface area (Å²) in [4.78, 5) is 11.6. The van der Waals surface area contributed by atoms with Crippen LogP contribution in [-0.2, 0) is 24.3 Å². The minimum Gasteiger partial charge on any atom is -0.465 e. The van der Waals surface area contributed by atoms with Gasteiger partial charge >= 0.3 is 5.97 Å². The summed E-state index contributed by atoms with van der Waals surface area (Å²) in [7, 11) is -1.81. The molecule has 0 amide bonds. The second-order valence-electron chi connectivity index (χ2n) is 4.93. The maximum absolute atomic E-state index is 11.6. The maximum atomic E-state index is 11.6. The maximum Gasteiger partial charge on any atom is 0.311 e. The summed E-state index contributed by atoms with van der Waals surface area (Å²) < 4.78 is 35.2. The van der Waals surface area contributed by atoms with Crippen LogP contribution in [-0.4, -0.2) is 47.0 Å². The predicted molar refractivity (Wildman–Crippen MR) is 73.3 cm³/mol. The average Bonchev–Trinajstić information content (AvgIpc) is 2.34. The molecule has 7 heteroatoms. The van der Waals surface area contributed by atoms with Crippen LogP contribution >= 0.6 is 0 Å². The summed E-state index contributed by atoms with van der Waals surface area (Å²) >= 11 is 0. The van der Waals surface area contributed by atoms with E-state index in [0.29, 0.717) is 13.0 Å². The van der Waals surface area contributed by atoms with Crippen LogP contribution in [0.3, 0.4) is 0 Å². The smallest absolute Gasteiger partial charge is 0.311 e. The molecule has 0 fully saturated rings. The molecule has 0 heterocycles. The van der Waals surface area contributed by atoms with E-state index in [4.69, 9.17) is 9.47 Å². The normalized spacial score (nSPS) is 12.4. The zero-order valence-corrected chi connectivity index (χ0v) is 13.0. The number of hydrogen-bond acceptors (Lipinski definition) is 5. The zero-order valence-electron chi connectivity index (χ0n) is 12.2. The molecular formula is C12H25NO5S. The van der Waals surface area contributed by atoms with Gasteiger partial charge < -0.3 is 9.47 Å². The first-order chi connectivity index (χ1) is 8.75. The molecule has 0 aliphatic rings. The van der Waals surface area contributed by atoms with E-state index in [1.165, 1.54) is 7.11 Å². The third-order valence-electron chi connectivity index (χ3n) is 2.86. The number of ether oxygens (including phenoxy) is 2. The monoisotopic (exact) mass is 295 g/mol. The van der Waals surface area contributed by atoms with Crippen LogP contribution in [0.25, 0.3) is 0 Å². The third kappa shape index (κ3) is 8.18. The Morgan fingerprint density at radius 2 is 1.89 bits per heavy atom. The van der Waals surface area contributed by atoms with Crippen molar-refractivity contribution in [3.05, 3.63) is 0 Å². The number of carbonyl (C=O) groups excluding carboxylic acids is 1. The molecule has 0 rings (SSSR count). The SMILES string of the molecule is CCC(C)(C)C(=O)OCCCS(=O)(=O)NCCOC. The lowest BCUT2D eigenvalue weighted by Gasteiger charge is -2.20. The summed E-state index contributed by atoms with van der Waals surface area (Å²) in [5.74, 6) is -0.351. The Morgan fingerprint density at radius 1 is 1.26 bits per heavy atom. The van der Waals surface area contributed by atoms with Crippen molar-refractivity contribution in [2.45, 2.75) is 33.6 Å². The first-order valence-electron chi connectivity index (χ1n) is 6.38. The number of hydrogen-bond donors (Lipinski definition) is 1. The lowest BCUT2D eigenvalue weighted by atomic mass is 9.91. The molecule has 0 spiro atoms. The van der Waals surface area contributed by atoms with E-state index in [1.54, 1.807) is 13.8 Å². The summed E-state index contributed by atoms with van der Waals surface area (Å²) in [6.45, 7) is 6.22. The number of sulfonamides is 1. The highest BCUT2D eigenvalue weighted by atomic mass is 32.2. The fraction of sp³-hybridized carbons (Fsp3) is 0.917. The van der Waals surface area contributed by atoms with Gasteiger partial charge in [0, 0.05) is 13.7 Å². The van der Waals surface area contributed by atoms with E-state index in [-0.39, 0.29) is 31.3 Å². The molecule has 0 aromatic carbocycles. The molecule has 114 valence electrons. The van der Waals surface area contributed by atoms with Crippen molar-refractivity contribution in [2.24, 2.45) is 5.41 Å². The van der Waals surface area contributed by atoms with Crippen LogP contribution in [0, 0.1) is 5.41 Å². The molecule has 0 saturated carbocycles. The third-order valence-corrected chi connectivity index (χ3v) is 4.33. The lowest BCUT2D eigenvalue weighted by molar-refractivity contribution is -0.154. The Labute approximate surface area is 115 Å². The number of nitrogens with one attached hydrogen (secondary N) is 1. The first-order valence-corrected chi connectivity index (χ1v) is 8.04. The Hall–Kier alpha value is -0.660. The largest absolute Gasteiger partial charge is 0.465 e. The lowest BCUT2D eigenvalue weighted by Crippen LogP contribution is -2.30. The van der Waals surface area contributed by atoms with Crippen LogP contribution in [0.4, 0.5) is 0 Å². The highest BCUT2D eigenvalue weighted by Crippen LogP contribution is 2.21. The Balaban J connectivity index is 3.89. The van der Waals surface area contributed by atoms with Gasteiger partial charge in [0.2, 0.25) is 10.0 Å². The molecule has 0 aromatic heterocycles. The number of rotatable bonds is 10. The van der Waals surface area contributed by atoms with E-state index >= 15 is 0 Å². The van der Waals surface area contributed by atoms with E-state index in [9.17, 15) is 13.2 Å². The van der Waals surface area contributed by atoms with Crippen molar-refractivity contribution >= 4 is 16.0 Å². The second kappa shape index (κ2) is 8.50. The van der Waals surface area contributed by atoms with Gasteiger partial charge in [0.05, 0.1) is 24.4 Å². The van der Waals surface area contributed by atoms with Crippen molar-refractivity contribution in [1.29, 1.82) is 0 Å². The van der Waals surface area contributed by atoms with Crippen molar-refractivity contribution in [3.63, 3.8) is 0 Å². The van der Waals surface area contributed by atoms with Crippen molar-refractivity contribution < 1.29 is 22.7 Å². The Kier molecular flexibility index (Phi) is 8.20. The molecule has 0 bridgehead atoms. The summed E-state index contributed by atoms with van der Waals surface area (Å²) in [5.41, 5.74) is -0.518. The van der Waals surface area contributed by atoms with E-state index in [2.05, 4.69) is 4.72 Å². The number of esters is 1. The molecule has 0 radical (unpaired) electrons. The molecular weight excluding hydrogens is 270 g/mol. The summed E-state index contributed by atoms with van der Waals surface area (Å²) in [6, 6.07) is 0. The van der Waals surface area contributed by atoms with Gasteiger partial charge in [0.25, 0.3) is 0 Å². The van der Waals surface area contributed by atoms with Crippen molar-refractivity contribution in [3.8, 4) is 0 Å². The molecule has 1 N–H and O–H groups in total. The number of carbonyl (C=O) groups is 1. The van der Waals surface area contributed by atoms with Gasteiger partial charge in [-0.15, -0.1) is 0 Å². The molecule has 6 nitrogen and oxygen atoms in total. The van der Waals surface area contributed by atoms with Crippen LogP contribution in [0.15, 0.2) is 0 Å². The molecule has 0 aliphatic heterocycles. The predicted octanol–water partition coefficient (Wildman–Crippen LogP) is 0.922. The van der Waals surface area contributed by atoms with Gasteiger partial charge in [-0.1, -0.05) is 6.92 Å². The standard InChI is InChI=1S/C12H25NO5S/c1-5-12(2,3)11(14)18-8-6-10-19(15,16)13-7-9-17-4/h13H,5-10H2,1-4H3. The van der Waals surface area contributed by atoms with Gasteiger partial charge in [-0.3, -0.25) is 4.79 Å². The summed E-state index contributed by atoms with van der Waals surface area (Å²) in [6.07, 6.45) is 0.969. The van der Waals surface area contributed by atoms with Crippen molar-refractivity contribution in [1.82, 2.24) is 4.72 Å². The van der Waals surface area contributed by atoms with Gasteiger partial charge in [0.15, 0.2) is 0 Å². The average molecular weight is 295 g/mol. The van der Waals surface area contributed by atoms with Crippen LogP contribution in [0.1, 0.15) is 33.6 Å². The fourth-order valence-corrected chi connectivity index (χ4v) is 2.16. The van der Waals surface area contributed by atoms with E-state index in [1.807, 2.05) is 6.92 Å². The second-order valence-corrected chi connectivity index (χ2v) is 6.86. The molecule has 19 heavy (non-hydrogen) atoms. The Bertz CT molecular complexity index is 364. The molecule has 0 saturated heterocycles. The quantitative estimate of drug-likeness (QED) is 0.479. The summed E-state index contributed by atoms with van der Waals surface area (Å²) in [5, 5.41) is 0. The van der Waals surface area contributed by atoms with E-state index < -0.39 is 15.4 Å². The van der Waals surface area contributed by atoms with Gasteiger partial charge in [-0.25, -0.2) is 13.1 Å². The Morgan fingerprint density at radius 3 is 2.42 bits per heavy atom. The molecule has 0 aromatic rings. The van der Waals surface area contributed by atoms with Crippen molar-refractivity contribution in [2.75, 3.05) is 32.6 Å². The van der Waals surface area contributed by atoms with Gasteiger partial charge in [-0.2, -0.15) is 0 Å². The first kappa shape index (κ1) is 18.3. The van der Waals surface area contributed by atoms with Crippen LogP contribution < -0.4 is 4.72 Å². The van der Waals surface area contributed by atoms with E-state index in [0.717, 1.165) is 0 Å². The highest BCUT2D eigenvalue weighted by molar-refractivity contribution is 7.89. The highest BCUT2D eigenvalue weighted by Gasteiger charge is 2.26. The fourth-order valence-electron chi connectivity index (χ4n) is 1.12. The zero-order chi connectivity index (χ0) is 14.9. The molecule has 0 unspecified atom stereocenters. The molecule has 0 aliphatic carbocycles. The number of methoxy groups -OCH3 is 1. The van der Waals surface area contributed by atoms with Gasteiger partial charge in [0.1, 0.15) is 0 Å². The minimum absolute atomic E-state index is 0.0590. The topological polar surface area (TPSA) is 81.7 Å². The molecule has 0 atom stereocenters.